The maximum absolute atomic E-state index is 13.0. The molecule has 38 heavy (non-hydrogen) atoms. The van der Waals surface area contributed by atoms with Crippen LogP contribution in [0.1, 0.15) is 23.6 Å². The number of carbonyl (C=O) groups is 1. The Hall–Kier alpha value is -4.57. The van der Waals surface area contributed by atoms with E-state index in [9.17, 15) is 23.6 Å². The summed E-state index contributed by atoms with van der Waals surface area (Å²) in [6.07, 6.45) is 1.77. The first kappa shape index (κ1) is 26.5. The predicted molar refractivity (Wildman–Crippen MR) is 143 cm³/mol. The van der Waals surface area contributed by atoms with Crippen LogP contribution in [0.3, 0.4) is 0 Å². The van der Waals surface area contributed by atoms with Crippen LogP contribution in [-0.4, -0.2) is 36.7 Å². The number of hydrogen-bond acceptors (Lipinski definition) is 5. The van der Waals surface area contributed by atoms with Gasteiger partial charge in [-0.2, -0.15) is 9.98 Å². The van der Waals surface area contributed by atoms with Gasteiger partial charge in [0.05, 0.1) is 16.5 Å². The molecular weight excluding hydrogens is 502 g/mol. The number of aliphatic carboxylic acids is 1. The minimum atomic E-state index is -4.12. The fraction of sp³-hybridized carbons (Fsp3) is 0.172. The number of benzene rings is 3. The van der Waals surface area contributed by atoms with Gasteiger partial charge >= 0.3 is 5.97 Å². The first-order chi connectivity index (χ1) is 18.3. The highest BCUT2D eigenvalue weighted by atomic mass is 32.2. The first-order valence-corrected chi connectivity index (χ1v) is 13.2. The van der Waals surface area contributed by atoms with E-state index in [0.29, 0.717) is 23.4 Å². The molecule has 0 aliphatic heterocycles. The Kier molecular flexibility index (Phi) is 8.12. The smallest absolute Gasteiger partial charge is 0.322 e. The minimum Gasteiger partial charge on any atom is -0.481 e. The SMILES string of the molecule is CC#CCOc1ccc(S(=O)(=O)N[C@H](Cc2cn(Cc3cccc(C#N)c3)c3ccccc23)C(=O)O)cc1. The van der Waals surface area contributed by atoms with E-state index in [1.165, 1.54) is 24.3 Å². The molecule has 192 valence electrons. The number of fused-ring (bicyclic) bond motifs is 1. The summed E-state index contributed by atoms with van der Waals surface area (Å²) < 4.78 is 35.7. The summed E-state index contributed by atoms with van der Waals surface area (Å²) in [5.74, 6) is 4.63. The number of carboxylic acids is 1. The van der Waals surface area contributed by atoms with Crippen LogP contribution in [0.2, 0.25) is 0 Å². The topological polar surface area (TPSA) is 121 Å². The van der Waals surface area contributed by atoms with E-state index in [0.717, 1.165) is 16.5 Å². The maximum atomic E-state index is 13.0. The Morgan fingerprint density at radius 2 is 1.87 bits per heavy atom. The largest absolute Gasteiger partial charge is 0.481 e. The zero-order valence-corrected chi connectivity index (χ0v) is 21.4. The summed E-state index contributed by atoms with van der Waals surface area (Å²) in [6, 6.07) is 21.2. The van der Waals surface area contributed by atoms with E-state index < -0.39 is 22.0 Å². The standard InChI is InChI=1S/C29H25N3O5S/c1-2-3-15-37-24-11-13-25(14-12-24)38(35,36)31-27(29(33)34)17-23-20-32(28-10-5-4-9-26(23)28)19-22-8-6-7-21(16-22)18-30/h4-14,16,20,27,31H,15,17,19H2,1H3,(H,33,34)/t27-/m1/s1. The molecule has 0 saturated carbocycles. The lowest BCUT2D eigenvalue weighted by atomic mass is 10.1. The van der Waals surface area contributed by atoms with E-state index in [1.54, 1.807) is 19.1 Å². The quantitative estimate of drug-likeness (QED) is 0.301. The molecule has 0 amide bonds. The number of hydrogen-bond donors (Lipinski definition) is 2. The summed E-state index contributed by atoms with van der Waals surface area (Å²) in [5.41, 5.74) is 3.03. The highest BCUT2D eigenvalue weighted by Crippen LogP contribution is 2.25. The van der Waals surface area contributed by atoms with Crippen molar-refractivity contribution in [2.24, 2.45) is 0 Å². The second-order valence-electron chi connectivity index (χ2n) is 8.51. The van der Waals surface area contributed by atoms with Crippen LogP contribution in [-0.2, 0) is 27.8 Å². The molecule has 1 heterocycles. The summed E-state index contributed by atoms with van der Waals surface area (Å²) >= 11 is 0. The van der Waals surface area contributed by atoms with Crippen molar-refractivity contribution in [3.05, 3.63) is 95.7 Å². The monoisotopic (exact) mass is 527 g/mol. The fourth-order valence-electron chi connectivity index (χ4n) is 4.11. The Labute approximate surface area is 221 Å². The van der Waals surface area contributed by atoms with Gasteiger partial charge in [0.2, 0.25) is 10.0 Å². The van der Waals surface area contributed by atoms with Gasteiger partial charge in [-0.3, -0.25) is 4.79 Å². The molecule has 0 aliphatic rings. The third-order valence-electron chi connectivity index (χ3n) is 5.92. The molecule has 0 fully saturated rings. The number of para-hydroxylation sites is 1. The maximum Gasteiger partial charge on any atom is 0.322 e. The summed E-state index contributed by atoms with van der Waals surface area (Å²) in [5, 5.41) is 19.9. The van der Waals surface area contributed by atoms with Crippen LogP contribution in [0, 0.1) is 23.2 Å². The molecule has 0 aliphatic carbocycles. The third kappa shape index (κ3) is 6.22. The van der Waals surface area contributed by atoms with Crippen molar-refractivity contribution >= 4 is 26.9 Å². The van der Waals surface area contributed by atoms with Gasteiger partial charge in [0.25, 0.3) is 0 Å². The lowest BCUT2D eigenvalue weighted by molar-refractivity contribution is -0.138. The van der Waals surface area contributed by atoms with Gasteiger partial charge < -0.3 is 14.4 Å². The summed E-state index contributed by atoms with van der Waals surface area (Å²) in [7, 11) is -4.12. The number of nitrogens with zero attached hydrogens (tertiary/aromatic N) is 2. The van der Waals surface area contributed by atoms with Gasteiger partial charge in [-0.1, -0.05) is 36.3 Å². The molecular formula is C29H25N3O5S. The van der Waals surface area contributed by atoms with E-state index in [2.05, 4.69) is 22.6 Å². The Morgan fingerprint density at radius 3 is 2.58 bits per heavy atom. The second kappa shape index (κ2) is 11.7. The normalized spacial score (nSPS) is 11.8. The lowest BCUT2D eigenvalue weighted by Crippen LogP contribution is -2.42. The van der Waals surface area contributed by atoms with E-state index >= 15 is 0 Å². The van der Waals surface area contributed by atoms with Crippen molar-refractivity contribution in [3.8, 4) is 23.7 Å². The number of aromatic nitrogens is 1. The molecule has 8 nitrogen and oxygen atoms in total. The molecule has 4 rings (SSSR count). The van der Waals surface area contributed by atoms with Crippen molar-refractivity contribution in [1.29, 1.82) is 5.26 Å². The van der Waals surface area contributed by atoms with Gasteiger partial charge in [-0.05, 0) is 60.5 Å². The highest BCUT2D eigenvalue weighted by molar-refractivity contribution is 7.89. The fourth-order valence-corrected chi connectivity index (χ4v) is 5.30. The van der Waals surface area contributed by atoms with Crippen LogP contribution >= 0.6 is 0 Å². The number of carboxylic acid groups (broad SMARTS) is 1. The van der Waals surface area contributed by atoms with Gasteiger partial charge in [-0.15, -0.1) is 5.92 Å². The Morgan fingerprint density at radius 1 is 1.11 bits per heavy atom. The Balaban J connectivity index is 1.57. The summed E-state index contributed by atoms with van der Waals surface area (Å²) in [6.45, 7) is 2.34. The van der Waals surface area contributed by atoms with Gasteiger partial charge in [0.15, 0.2) is 0 Å². The Bertz CT molecular complexity index is 1670. The average Bonchev–Trinajstić information content (AvgIpc) is 3.25. The molecule has 0 unspecified atom stereocenters. The first-order valence-electron chi connectivity index (χ1n) is 11.7. The van der Waals surface area contributed by atoms with Crippen molar-refractivity contribution in [1.82, 2.24) is 9.29 Å². The van der Waals surface area contributed by atoms with E-state index in [-0.39, 0.29) is 17.9 Å². The van der Waals surface area contributed by atoms with E-state index in [4.69, 9.17) is 4.74 Å². The van der Waals surface area contributed by atoms with Gasteiger partial charge in [0, 0.05) is 30.1 Å². The van der Waals surface area contributed by atoms with Crippen LogP contribution in [0.15, 0.2) is 83.9 Å². The molecule has 0 bridgehead atoms. The van der Waals surface area contributed by atoms with Crippen LogP contribution < -0.4 is 9.46 Å². The van der Waals surface area contributed by atoms with Crippen LogP contribution in [0.5, 0.6) is 5.75 Å². The molecule has 0 radical (unpaired) electrons. The van der Waals surface area contributed by atoms with Crippen molar-refractivity contribution < 1.29 is 23.1 Å². The molecule has 9 heteroatoms. The predicted octanol–water partition coefficient (Wildman–Crippen LogP) is 3.94. The number of ether oxygens (including phenoxy) is 1. The molecule has 1 atom stereocenters. The number of nitrogens with one attached hydrogen (secondary N) is 1. The van der Waals surface area contributed by atoms with E-state index in [1.807, 2.05) is 47.2 Å². The van der Waals surface area contributed by atoms with Crippen LogP contribution in [0.4, 0.5) is 0 Å². The molecule has 4 aromatic rings. The van der Waals surface area contributed by atoms with Crippen molar-refractivity contribution in [3.63, 3.8) is 0 Å². The second-order valence-corrected chi connectivity index (χ2v) is 10.2. The lowest BCUT2D eigenvalue weighted by Gasteiger charge is -2.15. The molecule has 2 N–H and O–H groups in total. The van der Waals surface area contributed by atoms with Crippen molar-refractivity contribution in [2.45, 2.75) is 30.8 Å². The average molecular weight is 528 g/mol. The summed E-state index contributed by atoms with van der Waals surface area (Å²) in [4.78, 5) is 12.0. The zero-order valence-electron chi connectivity index (χ0n) is 20.6. The number of sulfonamides is 1. The highest BCUT2D eigenvalue weighted by Gasteiger charge is 2.27. The number of rotatable bonds is 10. The van der Waals surface area contributed by atoms with Crippen LogP contribution in [0.25, 0.3) is 10.9 Å². The molecule has 1 aromatic heterocycles. The third-order valence-corrected chi connectivity index (χ3v) is 7.41. The van der Waals surface area contributed by atoms with Gasteiger partial charge in [0.1, 0.15) is 18.4 Å². The van der Waals surface area contributed by atoms with Gasteiger partial charge in [-0.25, -0.2) is 8.42 Å². The van der Waals surface area contributed by atoms with Crippen molar-refractivity contribution in [2.75, 3.05) is 6.61 Å². The molecule has 0 spiro atoms. The number of nitriles is 1. The molecule has 3 aromatic carbocycles. The zero-order chi connectivity index (χ0) is 27.1. The molecule has 0 saturated heterocycles. The minimum absolute atomic E-state index is 0.0583.